The third kappa shape index (κ3) is 12.3. The maximum atomic E-state index is 14.5. The molecule has 0 bridgehead atoms. The van der Waals surface area contributed by atoms with Gasteiger partial charge in [-0.05, 0) is 56.2 Å². The van der Waals surface area contributed by atoms with E-state index >= 15 is 0 Å². The van der Waals surface area contributed by atoms with E-state index in [-0.39, 0.29) is 39.1 Å². The Morgan fingerprint density at radius 2 is 1.59 bits per heavy atom. The van der Waals surface area contributed by atoms with Gasteiger partial charge in [-0.1, -0.05) is 42.8 Å². The van der Waals surface area contributed by atoms with E-state index in [0.29, 0.717) is 44.3 Å². The number of carbonyl (C=O) groups excluding carboxylic acids is 2. The number of hydrogen-bond acceptors (Lipinski definition) is 12. The second-order valence-electron chi connectivity index (χ2n) is 12.5. The molecule has 1 aliphatic carbocycles. The standard InChI is InChI=1S/C34H45F2NO12/c35-34(36,22-46-23-11-5-3-6-12-23)17-16-25-24(26(38)19-27(25)39)13-7-1-2-8-14-30(40)48-28-20-44-33-29(21-45-32(28)33)49-31(41)15-9-4-10-18-47-37(42)43/h1,3,5-7,11-12,16-17,24-29,32-33,38-39H,2,4,8-10,13-15,18-22H2/b7-1-,17-16+/t24-,25-,26+,27-,28-,29-,32-,33-/m1/s1. The van der Waals surface area contributed by atoms with Crippen LogP contribution in [0.1, 0.15) is 57.8 Å². The van der Waals surface area contributed by atoms with Gasteiger partial charge in [0.05, 0.1) is 32.0 Å². The number of unbranched alkanes of at least 4 members (excludes halogenated alkanes) is 3. The van der Waals surface area contributed by atoms with Crippen LogP contribution in [-0.4, -0.2) is 96.2 Å². The molecule has 2 N–H and O–H groups in total. The first-order valence-electron chi connectivity index (χ1n) is 16.7. The summed E-state index contributed by atoms with van der Waals surface area (Å²) in [6, 6.07) is 8.29. The van der Waals surface area contributed by atoms with Crippen LogP contribution in [0.2, 0.25) is 0 Å². The van der Waals surface area contributed by atoms with Crippen molar-refractivity contribution >= 4 is 11.9 Å². The Kier molecular flexibility index (Phi) is 14.7. The summed E-state index contributed by atoms with van der Waals surface area (Å²) >= 11 is 0. The molecule has 2 saturated heterocycles. The van der Waals surface area contributed by atoms with Crippen molar-refractivity contribution in [2.45, 2.75) is 100 Å². The van der Waals surface area contributed by atoms with Crippen molar-refractivity contribution in [2.24, 2.45) is 11.8 Å². The van der Waals surface area contributed by atoms with Crippen molar-refractivity contribution in [2.75, 3.05) is 26.4 Å². The summed E-state index contributed by atoms with van der Waals surface area (Å²) in [5.41, 5.74) is 0. The van der Waals surface area contributed by atoms with Gasteiger partial charge in [0.25, 0.3) is 11.0 Å². The molecule has 49 heavy (non-hydrogen) atoms. The number of aliphatic hydroxyl groups is 2. The molecular weight excluding hydrogens is 652 g/mol. The largest absolute Gasteiger partial charge is 0.487 e. The van der Waals surface area contributed by atoms with Gasteiger partial charge in [-0.15, -0.1) is 10.1 Å². The van der Waals surface area contributed by atoms with Crippen LogP contribution >= 0.6 is 0 Å². The number of allylic oxidation sites excluding steroid dienone is 2. The van der Waals surface area contributed by atoms with Crippen LogP contribution in [0.4, 0.5) is 8.78 Å². The number of rotatable bonds is 20. The minimum absolute atomic E-state index is 0.0241. The minimum atomic E-state index is -3.26. The van der Waals surface area contributed by atoms with Crippen molar-refractivity contribution in [3.05, 3.63) is 64.8 Å². The molecule has 0 spiro atoms. The first kappa shape index (κ1) is 38.1. The summed E-state index contributed by atoms with van der Waals surface area (Å²) in [6.07, 6.45) is 4.83. The SMILES string of the molecule is O=C(CCC/C=C\C[C@@H]1[C@@H](/C=C/C(F)(F)COc2ccccc2)[C@H](O)C[C@@H]1O)O[C@@H]1CO[C@H]2[C@@H]1OC[C@H]2OC(=O)CCCCCO[N+](=O)[O-]. The number of hydrogen-bond donors (Lipinski definition) is 2. The molecule has 3 aliphatic rings. The topological polar surface area (TPSA) is 173 Å². The first-order chi connectivity index (χ1) is 23.5. The first-order valence-corrected chi connectivity index (χ1v) is 16.7. The van der Waals surface area contributed by atoms with Crippen LogP contribution in [-0.2, 0) is 33.4 Å². The van der Waals surface area contributed by atoms with Crippen LogP contribution in [0.5, 0.6) is 5.75 Å². The highest BCUT2D eigenvalue weighted by atomic mass is 19.3. The Morgan fingerprint density at radius 3 is 2.24 bits per heavy atom. The molecule has 13 nitrogen and oxygen atoms in total. The molecule has 1 saturated carbocycles. The number of halogens is 2. The Balaban J connectivity index is 1.11. The molecule has 0 unspecified atom stereocenters. The highest BCUT2D eigenvalue weighted by Crippen LogP contribution is 2.37. The zero-order chi connectivity index (χ0) is 35.2. The second kappa shape index (κ2) is 18.9. The Labute approximate surface area is 283 Å². The van der Waals surface area contributed by atoms with E-state index in [1.165, 1.54) is 6.08 Å². The highest BCUT2D eigenvalue weighted by molar-refractivity contribution is 5.70. The van der Waals surface area contributed by atoms with Gasteiger partial charge < -0.3 is 38.7 Å². The number of carbonyl (C=O) groups is 2. The van der Waals surface area contributed by atoms with Crippen LogP contribution in [0.25, 0.3) is 0 Å². The van der Waals surface area contributed by atoms with E-state index in [1.807, 2.05) is 12.2 Å². The van der Waals surface area contributed by atoms with E-state index < -0.39 is 78.0 Å². The third-order valence-corrected chi connectivity index (χ3v) is 8.73. The smallest absolute Gasteiger partial charge is 0.306 e. The number of para-hydroxylation sites is 1. The van der Waals surface area contributed by atoms with E-state index in [2.05, 4.69) is 4.84 Å². The fourth-order valence-corrected chi connectivity index (χ4v) is 6.21. The van der Waals surface area contributed by atoms with Gasteiger partial charge in [-0.3, -0.25) is 9.59 Å². The Morgan fingerprint density at radius 1 is 0.939 bits per heavy atom. The van der Waals surface area contributed by atoms with E-state index in [9.17, 15) is 38.7 Å². The molecule has 4 rings (SSSR count). The van der Waals surface area contributed by atoms with Crippen LogP contribution < -0.4 is 4.74 Å². The predicted octanol–water partition coefficient (Wildman–Crippen LogP) is 4.12. The third-order valence-electron chi connectivity index (χ3n) is 8.73. The van der Waals surface area contributed by atoms with Crippen molar-refractivity contribution in [3.63, 3.8) is 0 Å². The predicted molar refractivity (Wildman–Crippen MR) is 168 cm³/mol. The number of esters is 2. The van der Waals surface area contributed by atoms with Gasteiger partial charge >= 0.3 is 11.9 Å². The van der Waals surface area contributed by atoms with Gasteiger partial charge in [0.2, 0.25) is 0 Å². The fraction of sp³-hybridized carbons (Fsp3) is 0.647. The molecule has 272 valence electrons. The Hall–Kier alpha value is -3.66. The van der Waals surface area contributed by atoms with E-state index in [1.54, 1.807) is 30.3 Å². The molecular formula is C34H45F2NO12. The summed E-state index contributed by atoms with van der Waals surface area (Å²) in [7, 11) is 0. The van der Waals surface area contributed by atoms with Crippen LogP contribution in [0.15, 0.2) is 54.6 Å². The summed E-state index contributed by atoms with van der Waals surface area (Å²) in [6.45, 7) is -0.641. The van der Waals surface area contributed by atoms with Crippen LogP contribution in [0, 0.1) is 22.0 Å². The molecule has 2 heterocycles. The normalized spacial score (nSPS) is 28.2. The van der Waals surface area contributed by atoms with Crippen LogP contribution in [0.3, 0.4) is 0 Å². The summed E-state index contributed by atoms with van der Waals surface area (Å²) in [5, 5.41) is 30.2. The lowest BCUT2D eigenvalue weighted by molar-refractivity contribution is -0.757. The molecule has 0 aromatic heterocycles. The summed E-state index contributed by atoms with van der Waals surface area (Å²) in [4.78, 5) is 39.1. The molecule has 15 heteroatoms. The van der Waals surface area contributed by atoms with Crippen molar-refractivity contribution in [3.8, 4) is 5.75 Å². The highest BCUT2D eigenvalue weighted by Gasteiger charge is 2.51. The van der Waals surface area contributed by atoms with Gasteiger partial charge in [-0.2, -0.15) is 8.78 Å². The number of aliphatic hydroxyl groups excluding tert-OH is 2. The van der Waals surface area contributed by atoms with Crippen molar-refractivity contribution < 1.29 is 62.2 Å². The number of nitrogens with zero attached hydrogens (tertiary/aromatic N) is 1. The number of alkyl halides is 2. The lowest BCUT2D eigenvalue weighted by Gasteiger charge is -2.20. The summed E-state index contributed by atoms with van der Waals surface area (Å²) in [5.74, 6) is -4.88. The molecule has 8 atom stereocenters. The number of ether oxygens (including phenoxy) is 5. The fourth-order valence-electron chi connectivity index (χ4n) is 6.21. The average molecular weight is 698 g/mol. The molecule has 1 aromatic rings. The summed E-state index contributed by atoms with van der Waals surface area (Å²) < 4.78 is 56.6. The van der Waals surface area contributed by atoms with Gasteiger partial charge in [-0.25, -0.2) is 0 Å². The average Bonchev–Trinajstić information content (AvgIpc) is 3.73. The minimum Gasteiger partial charge on any atom is -0.487 e. The molecule has 3 fully saturated rings. The molecule has 0 amide bonds. The monoisotopic (exact) mass is 697 g/mol. The van der Waals surface area contributed by atoms with Crippen molar-refractivity contribution in [1.29, 1.82) is 0 Å². The van der Waals surface area contributed by atoms with Crippen molar-refractivity contribution in [1.82, 2.24) is 0 Å². The lowest BCUT2D eigenvalue weighted by Crippen LogP contribution is -2.35. The quantitative estimate of drug-likeness (QED) is 0.0657. The molecule has 2 aliphatic heterocycles. The van der Waals surface area contributed by atoms with E-state index in [0.717, 1.165) is 6.08 Å². The van der Waals surface area contributed by atoms with Gasteiger partial charge in [0.15, 0.2) is 18.8 Å². The Bertz CT molecular complexity index is 1260. The maximum Gasteiger partial charge on any atom is 0.306 e. The zero-order valence-corrected chi connectivity index (χ0v) is 27.2. The van der Waals surface area contributed by atoms with E-state index in [4.69, 9.17) is 23.7 Å². The van der Waals surface area contributed by atoms with Gasteiger partial charge in [0, 0.05) is 25.2 Å². The van der Waals surface area contributed by atoms with Gasteiger partial charge in [0.1, 0.15) is 18.0 Å². The molecule has 0 radical (unpaired) electrons. The maximum absolute atomic E-state index is 14.5. The number of fused-ring (bicyclic) bond motifs is 1. The number of benzene rings is 1. The molecule has 1 aromatic carbocycles. The lowest BCUT2D eigenvalue weighted by atomic mass is 9.89. The second-order valence-corrected chi connectivity index (χ2v) is 12.5. The zero-order valence-electron chi connectivity index (χ0n) is 27.2.